The van der Waals surface area contributed by atoms with Crippen LogP contribution in [0, 0.1) is 13.8 Å². The van der Waals surface area contributed by atoms with Crippen LogP contribution in [-0.4, -0.2) is 32.5 Å². The lowest BCUT2D eigenvalue weighted by atomic mass is 9.94. The van der Waals surface area contributed by atoms with Crippen LogP contribution >= 0.6 is 0 Å². The highest BCUT2D eigenvalue weighted by Gasteiger charge is 2.33. The number of piperidine rings is 1. The first-order valence-corrected chi connectivity index (χ1v) is 10.7. The molecule has 0 unspecified atom stereocenters. The molecule has 156 valence electrons. The van der Waals surface area contributed by atoms with E-state index < -0.39 is 0 Å². The number of likely N-dealkylation sites (tertiary alicyclic amines) is 1. The Hall–Kier alpha value is -3.02. The summed E-state index contributed by atoms with van der Waals surface area (Å²) in [5.41, 5.74) is 4.26. The molecule has 2 aromatic heterocycles. The Bertz CT molecular complexity index is 1030. The van der Waals surface area contributed by atoms with Crippen molar-refractivity contribution in [2.45, 2.75) is 58.9 Å². The Labute approximate surface area is 177 Å². The second-order valence-corrected chi connectivity index (χ2v) is 7.93. The molecular weight excluding hydrogens is 376 g/mol. The van der Waals surface area contributed by atoms with Crippen LogP contribution in [0.1, 0.15) is 71.8 Å². The van der Waals surface area contributed by atoms with Gasteiger partial charge in [-0.1, -0.05) is 30.3 Å². The topological polar surface area (TPSA) is 72.1 Å². The third kappa shape index (κ3) is 3.86. The van der Waals surface area contributed by atoms with E-state index in [1.54, 1.807) is 0 Å². The summed E-state index contributed by atoms with van der Waals surface area (Å²) in [4.78, 5) is 24.9. The molecule has 6 heteroatoms. The van der Waals surface area contributed by atoms with E-state index >= 15 is 0 Å². The molecule has 0 spiro atoms. The fourth-order valence-corrected chi connectivity index (χ4v) is 4.08. The number of carbonyl (C=O) groups excluding carboxylic acids is 1. The molecule has 1 fully saturated rings. The average Bonchev–Trinajstić information content (AvgIpc) is 3.12. The van der Waals surface area contributed by atoms with Gasteiger partial charge in [-0.3, -0.25) is 4.79 Å². The molecule has 3 aromatic rings. The monoisotopic (exact) mass is 404 g/mol. The summed E-state index contributed by atoms with van der Waals surface area (Å²) in [6.07, 6.45) is 6.56. The van der Waals surface area contributed by atoms with Gasteiger partial charge in [0.15, 0.2) is 5.76 Å². The third-order valence-electron chi connectivity index (χ3n) is 5.84. The predicted molar refractivity (Wildman–Crippen MR) is 115 cm³/mol. The number of hydrogen-bond acceptors (Lipinski definition) is 5. The number of amides is 1. The third-order valence-corrected chi connectivity index (χ3v) is 5.84. The molecule has 4 rings (SSSR count). The van der Waals surface area contributed by atoms with Crippen molar-refractivity contribution in [3.8, 4) is 11.3 Å². The summed E-state index contributed by atoms with van der Waals surface area (Å²) in [7, 11) is 0. The first-order valence-electron chi connectivity index (χ1n) is 10.7. The number of benzene rings is 1. The van der Waals surface area contributed by atoms with Gasteiger partial charge in [-0.05, 0) is 51.7 Å². The van der Waals surface area contributed by atoms with E-state index in [-0.39, 0.29) is 11.9 Å². The average molecular weight is 405 g/mol. The Kier molecular flexibility index (Phi) is 5.93. The zero-order chi connectivity index (χ0) is 21.1. The summed E-state index contributed by atoms with van der Waals surface area (Å²) >= 11 is 0. The summed E-state index contributed by atoms with van der Waals surface area (Å²) in [6, 6.07) is 9.39. The fraction of sp³-hybridized carbons (Fsp3) is 0.417. The number of nitrogens with zero attached hydrogens (tertiary/aromatic N) is 4. The Morgan fingerprint density at radius 1 is 1.20 bits per heavy atom. The minimum absolute atomic E-state index is 0.0485. The summed E-state index contributed by atoms with van der Waals surface area (Å²) < 4.78 is 5.66. The number of aryl methyl sites for hydroxylation is 2. The van der Waals surface area contributed by atoms with Crippen molar-refractivity contribution in [1.82, 2.24) is 20.0 Å². The largest absolute Gasteiger partial charge is 0.356 e. The van der Waals surface area contributed by atoms with E-state index in [1.807, 2.05) is 55.3 Å². The second-order valence-electron chi connectivity index (χ2n) is 7.93. The van der Waals surface area contributed by atoms with Crippen LogP contribution in [0.4, 0.5) is 0 Å². The van der Waals surface area contributed by atoms with Crippen LogP contribution in [0.3, 0.4) is 0 Å². The van der Waals surface area contributed by atoms with Gasteiger partial charge in [-0.15, -0.1) is 0 Å². The van der Waals surface area contributed by atoms with Crippen molar-refractivity contribution in [2.24, 2.45) is 0 Å². The van der Waals surface area contributed by atoms with Crippen molar-refractivity contribution in [2.75, 3.05) is 6.54 Å². The molecule has 0 saturated carbocycles. The molecule has 1 amide bonds. The van der Waals surface area contributed by atoms with Gasteiger partial charge in [0.1, 0.15) is 5.82 Å². The lowest BCUT2D eigenvalue weighted by Crippen LogP contribution is -2.39. The maximum atomic E-state index is 13.4. The van der Waals surface area contributed by atoms with Crippen LogP contribution in [0.2, 0.25) is 0 Å². The van der Waals surface area contributed by atoms with Gasteiger partial charge in [-0.2, -0.15) is 0 Å². The number of carbonyl (C=O) groups is 1. The maximum Gasteiger partial charge on any atom is 0.254 e. The number of aromatic nitrogens is 3. The minimum atomic E-state index is -0.107. The summed E-state index contributed by atoms with van der Waals surface area (Å²) in [5, 5.41) is 4.13. The highest BCUT2D eigenvalue weighted by Crippen LogP contribution is 2.38. The van der Waals surface area contributed by atoms with E-state index in [4.69, 9.17) is 9.51 Å². The molecule has 1 aliphatic rings. The highest BCUT2D eigenvalue weighted by molar-refractivity contribution is 5.94. The molecule has 1 atom stereocenters. The van der Waals surface area contributed by atoms with Crippen molar-refractivity contribution >= 4 is 5.91 Å². The normalized spacial score (nSPS) is 16.6. The molecule has 3 heterocycles. The number of hydrogen-bond donors (Lipinski definition) is 0. The summed E-state index contributed by atoms with van der Waals surface area (Å²) in [6.45, 7) is 6.77. The van der Waals surface area contributed by atoms with Crippen molar-refractivity contribution in [3.63, 3.8) is 0 Å². The minimum Gasteiger partial charge on any atom is -0.356 e. The van der Waals surface area contributed by atoms with E-state index in [0.717, 1.165) is 67.0 Å². The Morgan fingerprint density at radius 2 is 2.00 bits per heavy atom. The van der Waals surface area contributed by atoms with E-state index in [0.29, 0.717) is 11.3 Å². The van der Waals surface area contributed by atoms with Gasteiger partial charge < -0.3 is 9.42 Å². The van der Waals surface area contributed by atoms with Gasteiger partial charge in [0.25, 0.3) is 5.91 Å². The van der Waals surface area contributed by atoms with Gasteiger partial charge in [0, 0.05) is 30.3 Å². The molecule has 0 N–H and O–H groups in total. The smallest absolute Gasteiger partial charge is 0.254 e. The predicted octanol–water partition coefficient (Wildman–Crippen LogP) is 5.07. The molecule has 0 bridgehead atoms. The molecule has 1 aliphatic heterocycles. The second kappa shape index (κ2) is 8.78. The first kappa shape index (κ1) is 20.3. The number of rotatable bonds is 5. The van der Waals surface area contributed by atoms with E-state index in [1.165, 1.54) is 0 Å². The van der Waals surface area contributed by atoms with E-state index in [9.17, 15) is 4.79 Å². The molecule has 1 aromatic carbocycles. The zero-order valence-electron chi connectivity index (χ0n) is 17.9. The first-order chi connectivity index (χ1) is 14.6. The SMILES string of the molecule is CCCc1ncc(-c2onc(C)c2C)c([C@@H]2CCCCN2C(=O)c2ccccc2)n1. The van der Waals surface area contributed by atoms with Gasteiger partial charge in [-0.25, -0.2) is 9.97 Å². The Balaban J connectivity index is 1.80. The molecule has 0 aliphatic carbocycles. The van der Waals surface area contributed by atoms with Crippen molar-refractivity contribution in [1.29, 1.82) is 0 Å². The van der Waals surface area contributed by atoms with Crippen molar-refractivity contribution in [3.05, 3.63) is 64.9 Å². The quantitative estimate of drug-likeness (QED) is 0.594. The highest BCUT2D eigenvalue weighted by atomic mass is 16.5. The zero-order valence-corrected chi connectivity index (χ0v) is 17.9. The molecule has 6 nitrogen and oxygen atoms in total. The van der Waals surface area contributed by atoms with Crippen LogP contribution in [-0.2, 0) is 6.42 Å². The van der Waals surface area contributed by atoms with Crippen LogP contribution in [0.25, 0.3) is 11.3 Å². The molecule has 30 heavy (non-hydrogen) atoms. The summed E-state index contributed by atoms with van der Waals surface area (Å²) in [5.74, 6) is 1.55. The van der Waals surface area contributed by atoms with E-state index in [2.05, 4.69) is 17.1 Å². The molecule has 1 saturated heterocycles. The van der Waals surface area contributed by atoms with Gasteiger partial charge in [0.2, 0.25) is 0 Å². The molecular formula is C24H28N4O2. The van der Waals surface area contributed by atoms with Crippen LogP contribution in [0.5, 0.6) is 0 Å². The van der Waals surface area contributed by atoms with Crippen LogP contribution in [0.15, 0.2) is 41.1 Å². The molecule has 0 radical (unpaired) electrons. The van der Waals surface area contributed by atoms with Gasteiger partial charge >= 0.3 is 0 Å². The lowest BCUT2D eigenvalue weighted by Gasteiger charge is -2.36. The maximum absolute atomic E-state index is 13.4. The van der Waals surface area contributed by atoms with Crippen LogP contribution < -0.4 is 0 Å². The van der Waals surface area contributed by atoms with Crippen molar-refractivity contribution < 1.29 is 9.32 Å². The Morgan fingerprint density at radius 3 is 2.70 bits per heavy atom. The van der Waals surface area contributed by atoms with Gasteiger partial charge in [0.05, 0.1) is 23.0 Å². The lowest BCUT2D eigenvalue weighted by molar-refractivity contribution is 0.0606. The standard InChI is InChI=1S/C24H28N4O2/c1-4-10-21-25-15-19(23-16(2)17(3)27-30-23)22(26-21)20-13-8-9-14-28(20)24(29)18-11-6-5-7-12-18/h5-7,11-12,15,20H,4,8-10,13-14H2,1-3H3/t20-/m0/s1. The fourth-order valence-electron chi connectivity index (χ4n) is 4.08.